The van der Waals surface area contributed by atoms with Gasteiger partial charge in [0.15, 0.2) is 0 Å². The summed E-state index contributed by atoms with van der Waals surface area (Å²) >= 11 is 0. The molecule has 0 fully saturated rings. The van der Waals surface area contributed by atoms with Crippen LogP contribution in [-0.4, -0.2) is 18.7 Å². The minimum atomic E-state index is -2.71. The summed E-state index contributed by atoms with van der Waals surface area (Å²) in [6.07, 6.45) is 7.96. The van der Waals surface area contributed by atoms with E-state index < -0.39 is 13.7 Å². The highest BCUT2D eigenvalue weighted by molar-refractivity contribution is 6.12. The van der Waals surface area contributed by atoms with Gasteiger partial charge in [-0.2, -0.15) is 0 Å². The van der Waals surface area contributed by atoms with Gasteiger partial charge in [-0.25, -0.2) is 4.98 Å². The van der Waals surface area contributed by atoms with Crippen molar-refractivity contribution >= 4 is 76.6 Å². The molecule has 0 atom stereocenters. The van der Waals surface area contributed by atoms with Crippen LogP contribution in [0.25, 0.3) is 155 Å². The number of imidazole rings is 1. The van der Waals surface area contributed by atoms with E-state index in [0.717, 1.165) is 146 Å². The monoisotopic (exact) mass is 1290 g/mol. The number of aryl methyl sites for hydroxylation is 2. The minimum Gasteiger partial charge on any atom is -0.458 e. The molecule has 0 N–H and O–H groups in total. The molecule has 0 unspecified atom stereocenters. The van der Waals surface area contributed by atoms with Gasteiger partial charge in [0.05, 0.1) is 44.5 Å². The standard InChI is InChI=1S/C92H73N5O2/c1-55-22-20-23-56(2)87(55)58-45-71(57-36-39-85-74(44-57)70-31-15-19-35-84(70)99-85)88-75(46-58)73-53-78-77(91(6,7)41-42-92(78,8)9)52-72(73)64-26-10-11-27-65(64)76-49-61(96-79-32-16-12-28-66(79)67-29-13-17-33-80(67)96)50-83-89(76)95(88)54-94(83)60-24-21-25-62(48-60)98-63-37-38-69-68-30-14-18-34-81(68)97(82(69)51-63)86-47-59(40-43-93-86)90(3,4)5/h10-40,43-53H,41-42H2,1-9H3/i1D3,2D3. The van der Waals surface area contributed by atoms with Gasteiger partial charge < -0.3 is 13.7 Å². The SMILES string of the molecule is [2H]C([2H])([2H])c1cccc(C([2H])([2H])[2H])c1-c1cc(-c2ccc3oc4ccccc4c3c2)c2c(c1)-c1cc3c(cc1-c1ccccc1-c1cc(-n4c5ccccc5c5ccccc54)cc4c1[n+]-2[c-]n4-c1cccc(Oc2ccc4c5ccccc5n(-c5cc(C(C)(C)C)ccn5)c4c2)c1)C(C)(C)CCC3(C)C. The lowest BCUT2D eigenvalue weighted by molar-refractivity contribution is -0.570. The smallest absolute Gasteiger partial charge is 0.269 e. The Kier molecular flexibility index (Phi) is 11.4. The summed E-state index contributed by atoms with van der Waals surface area (Å²) in [5.41, 5.74) is 20.3. The number of nitrogens with zero attached hydrogens (tertiary/aromatic N) is 5. The first kappa shape index (κ1) is 52.6. The van der Waals surface area contributed by atoms with E-state index in [-0.39, 0.29) is 32.9 Å². The summed E-state index contributed by atoms with van der Waals surface area (Å²) < 4.78 is 78.0. The zero-order valence-electron chi connectivity index (χ0n) is 62.2. The third-order valence-corrected chi connectivity index (χ3v) is 21.5. The molecule has 1 aliphatic heterocycles. The summed E-state index contributed by atoms with van der Waals surface area (Å²) in [6.45, 7) is 10.7. The average molecular weight is 1290 g/mol. The van der Waals surface area contributed by atoms with Crippen molar-refractivity contribution in [2.24, 2.45) is 0 Å². The van der Waals surface area contributed by atoms with E-state index in [0.29, 0.717) is 28.2 Å². The van der Waals surface area contributed by atoms with Crippen molar-refractivity contribution in [3.05, 3.63) is 289 Å². The predicted octanol–water partition coefficient (Wildman–Crippen LogP) is 23.9. The van der Waals surface area contributed by atoms with Crippen LogP contribution in [0.5, 0.6) is 11.5 Å². The minimum absolute atomic E-state index is 0.0525. The third-order valence-electron chi connectivity index (χ3n) is 21.5. The molecule has 0 bridgehead atoms. The van der Waals surface area contributed by atoms with Gasteiger partial charge in [0.25, 0.3) is 6.33 Å². The maximum absolute atomic E-state index is 9.20. The van der Waals surface area contributed by atoms with Gasteiger partial charge in [-0.3, -0.25) is 13.7 Å². The lowest BCUT2D eigenvalue weighted by Gasteiger charge is -2.42. The number of benzene rings is 12. The van der Waals surface area contributed by atoms with E-state index in [2.05, 4.69) is 255 Å². The number of fused-ring (bicyclic) bond motifs is 17. The molecule has 0 amide bonds. The Morgan fingerprint density at radius 3 is 1.75 bits per heavy atom. The molecular formula is C92H73N5O2. The van der Waals surface area contributed by atoms with E-state index in [4.69, 9.17) is 14.1 Å². The van der Waals surface area contributed by atoms with Crippen molar-refractivity contribution in [3.63, 3.8) is 0 Å². The summed E-state index contributed by atoms with van der Waals surface area (Å²) in [4.78, 5) is 4.99. The molecule has 478 valence electrons. The maximum Gasteiger partial charge on any atom is 0.269 e. The van der Waals surface area contributed by atoms with Crippen molar-refractivity contribution in [3.8, 4) is 90.0 Å². The molecule has 0 saturated heterocycles. The van der Waals surface area contributed by atoms with E-state index in [1.807, 2.05) is 54.7 Å². The second-order valence-electron chi connectivity index (χ2n) is 29.5. The van der Waals surface area contributed by atoms with Crippen LogP contribution < -0.4 is 9.30 Å². The summed E-state index contributed by atoms with van der Waals surface area (Å²) in [5.74, 6) is 2.07. The topological polar surface area (TPSA) is 53.9 Å². The molecule has 6 heterocycles. The Hall–Kier alpha value is -11.5. The van der Waals surface area contributed by atoms with E-state index in [9.17, 15) is 8.22 Å². The highest BCUT2D eigenvalue weighted by Crippen LogP contribution is 2.54. The number of furan rings is 1. The molecular weight excluding hydrogens is 1210 g/mol. The van der Waals surface area contributed by atoms with Gasteiger partial charge in [-0.05, 0) is 235 Å². The van der Waals surface area contributed by atoms with Gasteiger partial charge in [-0.1, -0.05) is 182 Å². The molecule has 1 aliphatic carbocycles. The summed E-state index contributed by atoms with van der Waals surface area (Å²) in [7, 11) is 0. The fourth-order valence-corrected chi connectivity index (χ4v) is 16.4. The zero-order chi connectivity index (χ0) is 72.0. The third kappa shape index (κ3) is 9.09. The van der Waals surface area contributed by atoms with E-state index in [1.165, 1.54) is 16.7 Å². The lowest BCUT2D eigenvalue weighted by Crippen LogP contribution is -2.34. The lowest BCUT2D eigenvalue weighted by atomic mass is 9.62. The molecule has 7 nitrogen and oxygen atoms in total. The molecule has 17 aromatic rings. The largest absolute Gasteiger partial charge is 0.458 e. The van der Waals surface area contributed by atoms with Crippen LogP contribution in [0.3, 0.4) is 0 Å². The Morgan fingerprint density at radius 1 is 0.455 bits per heavy atom. The van der Waals surface area contributed by atoms with Gasteiger partial charge >= 0.3 is 0 Å². The normalized spacial score (nSPS) is 15.1. The van der Waals surface area contributed by atoms with Crippen molar-refractivity contribution in [1.29, 1.82) is 0 Å². The molecule has 0 spiro atoms. The number of hydrogen-bond donors (Lipinski definition) is 0. The summed E-state index contributed by atoms with van der Waals surface area (Å²) in [5, 5.41) is 6.28. The maximum atomic E-state index is 9.20. The first-order chi connectivity index (χ1) is 50.4. The van der Waals surface area contributed by atoms with Crippen molar-refractivity contribution in [1.82, 2.24) is 18.7 Å². The average Bonchev–Trinajstić information content (AvgIpc) is 1.45. The van der Waals surface area contributed by atoms with Crippen LogP contribution in [0.1, 0.15) is 97.3 Å². The second kappa shape index (κ2) is 21.5. The molecule has 12 aromatic carbocycles. The van der Waals surface area contributed by atoms with Crippen molar-refractivity contribution in [2.45, 2.75) is 91.3 Å². The Morgan fingerprint density at radius 2 is 1.05 bits per heavy atom. The summed E-state index contributed by atoms with van der Waals surface area (Å²) in [6, 6.07) is 85.8. The van der Waals surface area contributed by atoms with Crippen LogP contribution in [-0.2, 0) is 16.2 Å². The van der Waals surface area contributed by atoms with Crippen molar-refractivity contribution < 1.29 is 21.9 Å². The quantitative estimate of drug-likeness (QED) is 0.118. The Balaban J connectivity index is 0.947. The van der Waals surface area contributed by atoms with Gasteiger partial charge in [0.1, 0.15) is 28.5 Å². The molecule has 5 aromatic heterocycles. The number of para-hydroxylation sites is 4. The molecule has 2 aliphatic rings. The molecule has 0 radical (unpaired) electrons. The van der Waals surface area contributed by atoms with Crippen LogP contribution in [0.4, 0.5) is 0 Å². The van der Waals surface area contributed by atoms with Gasteiger partial charge in [0.2, 0.25) is 0 Å². The number of ether oxygens (including phenoxy) is 1. The van der Waals surface area contributed by atoms with Crippen LogP contribution in [0.15, 0.2) is 259 Å². The first-order valence-corrected chi connectivity index (χ1v) is 34.3. The Labute approximate surface area is 584 Å². The van der Waals surface area contributed by atoms with Gasteiger partial charge in [0, 0.05) is 58.5 Å². The van der Waals surface area contributed by atoms with E-state index >= 15 is 0 Å². The highest BCUT2D eigenvalue weighted by atomic mass is 16.5. The second-order valence-corrected chi connectivity index (χ2v) is 29.5. The van der Waals surface area contributed by atoms with Crippen LogP contribution >= 0.6 is 0 Å². The van der Waals surface area contributed by atoms with Crippen LogP contribution in [0, 0.1) is 20.0 Å². The van der Waals surface area contributed by atoms with E-state index in [1.54, 1.807) is 18.2 Å². The fourth-order valence-electron chi connectivity index (χ4n) is 16.4. The molecule has 0 saturated carbocycles. The number of aromatic nitrogens is 5. The fraction of sp³-hybridized carbons (Fsp3) is 0.152. The predicted molar refractivity (Wildman–Crippen MR) is 408 cm³/mol. The molecule has 99 heavy (non-hydrogen) atoms. The first-order valence-electron chi connectivity index (χ1n) is 37.3. The highest BCUT2D eigenvalue weighted by Gasteiger charge is 2.40. The van der Waals surface area contributed by atoms with Crippen molar-refractivity contribution in [2.75, 3.05) is 0 Å². The van der Waals surface area contributed by atoms with Gasteiger partial charge in [-0.15, -0.1) is 0 Å². The number of rotatable bonds is 7. The zero-order valence-corrected chi connectivity index (χ0v) is 56.2. The number of hydrogen-bond acceptors (Lipinski definition) is 3. The van der Waals surface area contributed by atoms with Crippen LogP contribution in [0.2, 0.25) is 0 Å². The molecule has 19 rings (SSSR count). The Bertz CT molecular complexity index is 6460. The molecule has 7 heteroatoms. The number of pyridine rings is 1.